The number of para-hydroxylation sites is 2. The summed E-state index contributed by atoms with van der Waals surface area (Å²) < 4.78 is 1.62. The van der Waals surface area contributed by atoms with E-state index in [1.165, 1.54) is 4.90 Å². The number of fused-ring (bicyclic) bond motifs is 8. The molecule has 0 saturated carbocycles. The lowest BCUT2D eigenvalue weighted by atomic mass is 9.75. The predicted octanol–water partition coefficient (Wildman–Crippen LogP) is 4.34. The minimum Gasteiger partial charge on any atom is -0.296 e. The maximum Gasteiger partial charge on any atom is 0.266 e. The Labute approximate surface area is 224 Å². The monoisotopic (exact) mass is 524 g/mol. The third-order valence-electron chi connectivity index (χ3n) is 8.43. The Morgan fingerprint density at radius 1 is 0.947 bits per heavy atom. The van der Waals surface area contributed by atoms with Gasteiger partial charge in [-0.05, 0) is 48.7 Å². The largest absolute Gasteiger partial charge is 0.296 e. The number of hydrogen-bond acceptors (Lipinski definition) is 5. The minimum atomic E-state index is -1.15. The number of aromatic nitrogens is 2. The highest BCUT2D eigenvalue weighted by molar-refractivity contribution is 6.31. The molecule has 190 valence electrons. The van der Waals surface area contributed by atoms with Gasteiger partial charge in [0.15, 0.2) is 0 Å². The first-order valence-electron chi connectivity index (χ1n) is 12.8. The Morgan fingerprint density at radius 3 is 2.47 bits per heavy atom. The van der Waals surface area contributed by atoms with E-state index in [4.69, 9.17) is 16.6 Å². The lowest BCUT2D eigenvalue weighted by Crippen LogP contribution is -2.51. The second kappa shape index (κ2) is 7.85. The fourth-order valence-corrected chi connectivity index (χ4v) is 6.95. The number of nitrogens with one attached hydrogen (secondary N) is 1. The second-order valence-electron chi connectivity index (χ2n) is 10.8. The summed E-state index contributed by atoms with van der Waals surface area (Å²) in [6.07, 6.45) is 0. The summed E-state index contributed by atoms with van der Waals surface area (Å²) in [6.45, 7) is 5.95. The van der Waals surface area contributed by atoms with Gasteiger partial charge in [0.2, 0.25) is 11.8 Å². The molecule has 3 aliphatic heterocycles. The molecule has 2 saturated heterocycles. The van der Waals surface area contributed by atoms with Gasteiger partial charge in [0.1, 0.15) is 11.4 Å². The van der Waals surface area contributed by atoms with Gasteiger partial charge in [-0.1, -0.05) is 61.8 Å². The summed E-state index contributed by atoms with van der Waals surface area (Å²) in [6, 6.07) is 19.7. The van der Waals surface area contributed by atoms with E-state index in [2.05, 4.69) is 5.32 Å². The van der Waals surface area contributed by atoms with Crippen LogP contribution in [0.4, 0.5) is 5.69 Å². The maximum atomic E-state index is 14.5. The van der Waals surface area contributed by atoms with E-state index in [1.807, 2.05) is 69.3 Å². The Morgan fingerprint density at radius 2 is 1.68 bits per heavy atom. The van der Waals surface area contributed by atoms with Crippen LogP contribution in [0, 0.1) is 24.7 Å². The molecule has 3 aliphatic rings. The highest BCUT2D eigenvalue weighted by Gasteiger charge is 2.70. The van der Waals surface area contributed by atoms with Gasteiger partial charge in [-0.2, -0.15) is 0 Å². The molecule has 0 unspecified atom stereocenters. The molecule has 4 aromatic rings. The van der Waals surface area contributed by atoms with Crippen LogP contribution >= 0.6 is 11.6 Å². The summed E-state index contributed by atoms with van der Waals surface area (Å²) in [5.74, 6) is -1.51. The van der Waals surface area contributed by atoms with Crippen LogP contribution in [0.2, 0.25) is 5.02 Å². The molecule has 2 fully saturated rings. The highest BCUT2D eigenvalue weighted by Crippen LogP contribution is 2.56. The van der Waals surface area contributed by atoms with Crippen molar-refractivity contribution >= 4 is 40.0 Å². The zero-order valence-corrected chi connectivity index (χ0v) is 21.9. The van der Waals surface area contributed by atoms with Crippen molar-refractivity contribution in [1.29, 1.82) is 0 Å². The van der Waals surface area contributed by atoms with Gasteiger partial charge in [-0.15, -0.1) is 0 Å². The Bertz CT molecular complexity index is 1760. The van der Waals surface area contributed by atoms with Gasteiger partial charge in [-0.25, -0.2) is 9.88 Å². The van der Waals surface area contributed by atoms with Gasteiger partial charge in [-0.3, -0.25) is 24.3 Å². The molecule has 4 atom stereocenters. The molecule has 3 aromatic carbocycles. The molecule has 1 N–H and O–H groups in total. The van der Waals surface area contributed by atoms with E-state index in [0.717, 1.165) is 11.1 Å². The zero-order chi connectivity index (χ0) is 26.5. The summed E-state index contributed by atoms with van der Waals surface area (Å²) in [4.78, 5) is 48.8. The van der Waals surface area contributed by atoms with Gasteiger partial charge in [0.25, 0.3) is 5.56 Å². The van der Waals surface area contributed by atoms with Gasteiger partial charge in [0.05, 0.1) is 34.1 Å². The second-order valence-corrected chi connectivity index (χ2v) is 11.2. The first kappa shape index (κ1) is 23.3. The molecule has 7 nitrogen and oxygen atoms in total. The Hall–Kier alpha value is -3.81. The van der Waals surface area contributed by atoms with E-state index >= 15 is 0 Å². The van der Waals surface area contributed by atoms with Gasteiger partial charge >= 0.3 is 0 Å². The first-order chi connectivity index (χ1) is 18.3. The van der Waals surface area contributed by atoms with E-state index in [9.17, 15) is 14.4 Å². The smallest absolute Gasteiger partial charge is 0.266 e. The Balaban J connectivity index is 1.54. The standard InChI is InChI=1S/C30H25ClN4O3/c1-15(2)25-23-24(28(38)34(27(23)37)22-14-17(31)13-12-16(22)3)30(33-25)19-9-5-7-11-21(19)35-26(36)18-8-4-6-10-20(18)32-29(30)35/h4-15,23-25,33H,1-3H3/t23-,24+,25-,30+/m0/s1. The fraction of sp³-hybridized carbons (Fsp3) is 0.267. The van der Waals surface area contributed by atoms with Crippen LogP contribution in [-0.2, 0) is 15.1 Å². The maximum absolute atomic E-state index is 14.5. The molecule has 7 rings (SSSR count). The van der Waals surface area contributed by atoms with Crippen LogP contribution in [0.5, 0.6) is 0 Å². The topological polar surface area (TPSA) is 84.3 Å². The van der Waals surface area contributed by atoms with Gasteiger partial charge in [0, 0.05) is 16.6 Å². The zero-order valence-electron chi connectivity index (χ0n) is 21.1. The first-order valence-corrected chi connectivity index (χ1v) is 13.2. The van der Waals surface area contributed by atoms with Crippen molar-refractivity contribution in [3.05, 3.63) is 99.1 Å². The van der Waals surface area contributed by atoms with Crippen molar-refractivity contribution in [1.82, 2.24) is 14.9 Å². The molecular formula is C30H25ClN4O3. The van der Waals surface area contributed by atoms with Crippen molar-refractivity contribution in [3.8, 4) is 5.69 Å². The van der Waals surface area contributed by atoms with Crippen LogP contribution in [-0.4, -0.2) is 27.4 Å². The van der Waals surface area contributed by atoms with Crippen molar-refractivity contribution in [3.63, 3.8) is 0 Å². The van der Waals surface area contributed by atoms with Crippen molar-refractivity contribution in [2.24, 2.45) is 17.8 Å². The van der Waals surface area contributed by atoms with Crippen molar-refractivity contribution in [2.75, 3.05) is 4.90 Å². The van der Waals surface area contributed by atoms with E-state index in [1.54, 1.807) is 22.8 Å². The number of anilines is 1. The van der Waals surface area contributed by atoms with Crippen molar-refractivity contribution < 1.29 is 9.59 Å². The lowest BCUT2D eigenvalue weighted by Gasteiger charge is -2.32. The number of nitrogens with zero attached hydrogens (tertiary/aromatic N) is 3. The number of rotatable bonds is 2. The van der Waals surface area contributed by atoms with Crippen LogP contribution in [0.1, 0.15) is 30.8 Å². The molecule has 38 heavy (non-hydrogen) atoms. The van der Waals surface area contributed by atoms with Crippen LogP contribution in [0.25, 0.3) is 16.6 Å². The van der Waals surface area contributed by atoms with E-state index in [0.29, 0.717) is 33.1 Å². The lowest BCUT2D eigenvalue weighted by molar-refractivity contribution is -0.123. The number of benzene rings is 3. The number of hydrogen-bond donors (Lipinski definition) is 1. The summed E-state index contributed by atoms with van der Waals surface area (Å²) >= 11 is 6.31. The number of carbonyl (C=O) groups excluding carboxylic acids is 2. The average Bonchev–Trinajstić information content (AvgIpc) is 3.50. The average molecular weight is 525 g/mol. The Kier molecular flexibility index (Phi) is 4.82. The minimum absolute atomic E-state index is 0.0347. The predicted molar refractivity (Wildman–Crippen MR) is 146 cm³/mol. The van der Waals surface area contributed by atoms with E-state index < -0.39 is 17.4 Å². The molecule has 1 spiro atoms. The summed E-state index contributed by atoms with van der Waals surface area (Å²) in [5.41, 5.74) is 1.96. The highest BCUT2D eigenvalue weighted by atomic mass is 35.5. The molecule has 0 bridgehead atoms. The third kappa shape index (κ3) is 2.78. The SMILES string of the molecule is Cc1ccc(Cl)cc1N1C(=O)[C@@H]2[C@H](C(C)C)N[C@]3(c4ccccc4-n4c3nc3ccccc3c4=O)[C@H]2C1=O. The fourth-order valence-electron chi connectivity index (χ4n) is 6.79. The van der Waals surface area contributed by atoms with Crippen LogP contribution in [0.3, 0.4) is 0 Å². The molecule has 0 radical (unpaired) electrons. The molecule has 8 heteroatoms. The van der Waals surface area contributed by atoms with Crippen molar-refractivity contribution in [2.45, 2.75) is 32.4 Å². The molecule has 1 aromatic heterocycles. The number of aryl methyl sites for hydroxylation is 1. The quantitative estimate of drug-likeness (QED) is 0.394. The normalized spacial score (nSPS) is 25.5. The molecular weight excluding hydrogens is 500 g/mol. The van der Waals surface area contributed by atoms with Crippen LogP contribution < -0.4 is 15.8 Å². The third-order valence-corrected chi connectivity index (χ3v) is 8.66. The summed E-state index contributed by atoms with van der Waals surface area (Å²) in [5, 5.41) is 4.67. The summed E-state index contributed by atoms with van der Waals surface area (Å²) in [7, 11) is 0. The number of imide groups is 1. The van der Waals surface area contributed by atoms with Gasteiger partial charge < -0.3 is 0 Å². The number of carbonyl (C=O) groups is 2. The van der Waals surface area contributed by atoms with E-state index in [-0.39, 0.29) is 29.3 Å². The molecule has 2 amide bonds. The molecule has 4 heterocycles. The molecule has 0 aliphatic carbocycles. The van der Waals surface area contributed by atoms with Crippen LogP contribution in [0.15, 0.2) is 71.5 Å². The number of amides is 2. The number of halogens is 1.